The van der Waals surface area contributed by atoms with E-state index in [2.05, 4.69) is 10.1 Å². The molecule has 0 aliphatic heterocycles. The van der Waals surface area contributed by atoms with Gasteiger partial charge in [-0.15, -0.1) is 0 Å². The zero-order chi connectivity index (χ0) is 13.3. The summed E-state index contributed by atoms with van der Waals surface area (Å²) < 4.78 is 9.43. The second-order valence-electron chi connectivity index (χ2n) is 3.99. The number of methoxy groups -OCH3 is 2. The van der Waals surface area contributed by atoms with Crippen molar-refractivity contribution in [2.45, 2.75) is 19.4 Å². The quantitative estimate of drug-likeness (QED) is 0.592. The largest absolute Gasteiger partial charge is 0.469 e. The van der Waals surface area contributed by atoms with Crippen LogP contribution in [0.5, 0.6) is 0 Å². The number of carbonyl (C=O) groups excluding carboxylic acids is 2. The van der Waals surface area contributed by atoms with E-state index >= 15 is 0 Å². The summed E-state index contributed by atoms with van der Waals surface area (Å²) >= 11 is 0. The van der Waals surface area contributed by atoms with Gasteiger partial charge >= 0.3 is 5.97 Å². The highest BCUT2D eigenvalue weighted by molar-refractivity contribution is 5.78. The first-order valence-electron chi connectivity index (χ1n) is 5.53. The first-order chi connectivity index (χ1) is 7.99. The molecule has 100 valence electrons. The Morgan fingerprint density at radius 1 is 1.35 bits per heavy atom. The van der Waals surface area contributed by atoms with Gasteiger partial charge in [0.2, 0.25) is 5.91 Å². The number of rotatable bonds is 8. The number of esters is 1. The van der Waals surface area contributed by atoms with Crippen LogP contribution in [0.25, 0.3) is 0 Å². The maximum atomic E-state index is 11.5. The highest BCUT2D eigenvalue weighted by Gasteiger charge is 2.11. The van der Waals surface area contributed by atoms with Gasteiger partial charge in [-0.2, -0.15) is 0 Å². The molecule has 0 saturated carbocycles. The Balaban J connectivity index is 3.76. The summed E-state index contributed by atoms with van der Waals surface area (Å²) in [5, 5.41) is 2.79. The van der Waals surface area contributed by atoms with Crippen LogP contribution in [0.1, 0.15) is 13.3 Å². The topological polar surface area (TPSA) is 67.9 Å². The number of carbonyl (C=O) groups is 2. The standard InChI is InChI=1S/C11H22N2O4/c1-9(8-16-3)12-10(14)7-13(2)6-5-11(15)17-4/h9H,5-8H2,1-4H3,(H,12,14). The highest BCUT2D eigenvalue weighted by Crippen LogP contribution is 1.91. The molecule has 0 heterocycles. The molecule has 0 aliphatic carbocycles. The van der Waals surface area contributed by atoms with E-state index in [1.165, 1.54) is 7.11 Å². The predicted molar refractivity (Wildman–Crippen MR) is 63.6 cm³/mol. The minimum absolute atomic E-state index is 0.0125. The molecule has 0 aromatic rings. The maximum absolute atomic E-state index is 11.5. The van der Waals surface area contributed by atoms with E-state index < -0.39 is 0 Å². The smallest absolute Gasteiger partial charge is 0.306 e. The number of hydrogen-bond acceptors (Lipinski definition) is 5. The van der Waals surface area contributed by atoms with Crippen LogP contribution in [0.3, 0.4) is 0 Å². The highest BCUT2D eigenvalue weighted by atomic mass is 16.5. The van der Waals surface area contributed by atoms with Gasteiger partial charge in [0.15, 0.2) is 0 Å². The van der Waals surface area contributed by atoms with Gasteiger partial charge in [0.05, 0.1) is 26.7 Å². The fourth-order valence-corrected chi connectivity index (χ4v) is 1.32. The Morgan fingerprint density at radius 3 is 2.53 bits per heavy atom. The SMILES string of the molecule is COCC(C)NC(=O)CN(C)CCC(=O)OC. The van der Waals surface area contributed by atoms with E-state index in [-0.39, 0.29) is 30.9 Å². The summed E-state index contributed by atoms with van der Waals surface area (Å²) in [6, 6.07) is -0.0125. The van der Waals surface area contributed by atoms with Crippen LogP contribution in [0.2, 0.25) is 0 Å². The minimum Gasteiger partial charge on any atom is -0.469 e. The molecule has 1 atom stereocenters. The zero-order valence-electron chi connectivity index (χ0n) is 11.0. The van der Waals surface area contributed by atoms with E-state index in [9.17, 15) is 9.59 Å². The van der Waals surface area contributed by atoms with E-state index in [0.717, 1.165) is 0 Å². The fraction of sp³-hybridized carbons (Fsp3) is 0.818. The van der Waals surface area contributed by atoms with Crippen LogP contribution in [0, 0.1) is 0 Å². The molecule has 0 bridgehead atoms. The van der Waals surface area contributed by atoms with Crippen molar-refractivity contribution >= 4 is 11.9 Å². The van der Waals surface area contributed by atoms with Gasteiger partial charge in [-0.25, -0.2) is 0 Å². The van der Waals surface area contributed by atoms with E-state index in [4.69, 9.17) is 4.74 Å². The third-order valence-corrected chi connectivity index (χ3v) is 2.16. The van der Waals surface area contributed by atoms with Gasteiger partial charge < -0.3 is 14.8 Å². The second kappa shape index (κ2) is 8.95. The molecule has 1 N–H and O–H groups in total. The molecule has 17 heavy (non-hydrogen) atoms. The van der Waals surface area contributed by atoms with E-state index in [0.29, 0.717) is 13.2 Å². The number of hydrogen-bond donors (Lipinski definition) is 1. The molecular weight excluding hydrogens is 224 g/mol. The molecule has 0 saturated heterocycles. The first kappa shape index (κ1) is 15.9. The van der Waals surface area contributed by atoms with Gasteiger partial charge in [0, 0.05) is 19.7 Å². The summed E-state index contributed by atoms with van der Waals surface area (Å²) in [5.74, 6) is -0.355. The van der Waals surface area contributed by atoms with Crippen LogP contribution >= 0.6 is 0 Å². The van der Waals surface area contributed by atoms with Crippen LogP contribution in [0.15, 0.2) is 0 Å². The van der Waals surface area contributed by atoms with Gasteiger partial charge in [-0.3, -0.25) is 14.5 Å². The number of nitrogens with zero attached hydrogens (tertiary/aromatic N) is 1. The van der Waals surface area contributed by atoms with Crippen LogP contribution < -0.4 is 5.32 Å². The van der Waals surface area contributed by atoms with Crippen molar-refractivity contribution < 1.29 is 19.1 Å². The molecule has 1 amide bonds. The molecule has 0 radical (unpaired) electrons. The Hall–Kier alpha value is -1.14. The van der Waals surface area contributed by atoms with E-state index in [1.54, 1.807) is 19.1 Å². The molecule has 0 spiro atoms. The molecule has 1 unspecified atom stereocenters. The van der Waals surface area contributed by atoms with Gasteiger partial charge in [-0.1, -0.05) is 0 Å². The molecule has 0 rings (SSSR count). The van der Waals surface area contributed by atoms with Crippen molar-refractivity contribution in [1.29, 1.82) is 0 Å². The monoisotopic (exact) mass is 246 g/mol. The van der Waals surface area contributed by atoms with Crippen molar-refractivity contribution in [3.05, 3.63) is 0 Å². The molecule has 6 nitrogen and oxygen atoms in total. The number of amides is 1. The lowest BCUT2D eigenvalue weighted by Crippen LogP contribution is -2.41. The Kier molecular flexibility index (Phi) is 8.35. The van der Waals surface area contributed by atoms with Crippen molar-refractivity contribution in [2.75, 3.05) is 41.0 Å². The lowest BCUT2D eigenvalue weighted by molar-refractivity contribution is -0.141. The average molecular weight is 246 g/mol. The molecule has 0 aromatic carbocycles. The normalized spacial score (nSPS) is 12.3. The lowest BCUT2D eigenvalue weighted by atomic mass is 10.3. The summed E-state index contributed by atoms with van der Waals surface area (Å²) in [6.45, 7) is 3.11. The lowest BCUT2D eigenvalue weighted by Gasteiger charge is -2.18. The Bertz CT molecular complexity index is 246. The fourth-order valence-electron chi connectivity index (χ4n) is 1.32. The Morgan fingerprint density at radius 2 is 2.00 bits per heavy atom. The summed E-state index contributed by atoms with van der Waals surface area (Å²) in [7, 11) is 4.72. The predicted octanol–water partition coefficient (Wildman–Crippen LogP) is -0.368. The number of likely N-dealkylation sites (N-methyl/N-ethyl adjacent to an activating group) is 1. The van der Waals surface area contributed by atoms with Crippen LogP contribution in [-0.2, 0) is 19.1 Å². The van der Waals surface area contributed by atoms with Crippen molar-refractivity contribution in [3.63, 3.8) is 0 Å². The average Bonchev–Trinajstić information content (AvgIpc) is 2.25. The van der Waals surface area contributed by atoms with Gasteiger partial charge in [-0.05, 0) is 14.0 Å². The minimum atomic E-state index is -0.273. The molecule has 0 aliphatic rings. The van der Waals surface area contributed by atoms with Crippen molar-refractivity contribution in [2.24, 2.45) is 0 Å². The van der Waals surface area contributed by atoms with Crippen molar-refractivity contribution in [1.82, 2.24) is 10.2 Å². The Labute approximate surface area is 102 Å². The summed E-state index contributed by atoms with van der Waals surface area (Å²) in [5.41, 5.74) is 0. The molecule has 0 aromatic heterocycles. The van der Waals surface area contributed by atoms with Crippen LogP contribution in [-0.4, -0.2) is 63.8 Å². The number of nitrogens with one attached hydrogen (secondary N) is 1. The van der Waals surface area contributed by atoms with Crippen LogP contribution in [0.4, 0.5) is 0 Å². The maximum Gasteiger partial charge on any atom is 0.306 e. The molecule has 6 heteroatoms. The zero-order valence-corrected chi connectivity index (χ0v) is 11.0. The molecular formula is C11H22N2O4. The van der Waals surface area contributed by atoms with Gasteiger partial charge in [0.25, 0.3) is 0 Å². The van der Waals surface area contributed by atoms with E-state index in [1.807, 2.05) is 6.92 Å². The second-order valence-corrected chi connectivity index (χ2v) is 3.99. The first-order valence-corrected chi connectivity index (χ1v) is 5.53. The third-order valence-electron chi connectivity index (χ3n) is 2.16. The molecule has 0 fully saturated rings. The number of ether oxygens (including phenoxy) is 2. The summed E-state index contributed by atoms with van der Waals surface area (Å²) in [6.07, 6.45) is 0.286. The third kappa shape index (κ3) is 8.65. The summed E-state index contributed by atoms with van der Waals surface area (Å²) in [4.78, 5) is 24.2. The van der Waals surface area contributed by atoms with Crippen molar-refractivity contribution in [3.8, 4) is 0 Å². The van der Waals surface area contributed by atoms with Gasteiger partial charge in [0.1, 0.15) is 0 Å².